The first kappa shape index (κ1) is 29.6. The maximum Gasteiger partial charge on any atom is 0.303 e. The number of piperazine rings is 1. The molecule has 42 heavy (non-hydrogen) atoms. The maximum absolute atomic E-state index is 12.4. The van der Waals surface area contributed by atoms with Gasteiger partial charge in [0.1, 0.15) is 0 Å². The van der Waals surface area contributed by atoms with Gasteiger partial charge in [0.2, 0.25) is 11.9 Å². The summed E-state index contributed by atoms with van der Waals surface area (Å²) < 4.78 is 13.0. The number of rotatable bonds is 11. The maximum atomic E-state index is 12.4. The number of nitrogens with one attached hydrogen (secondary N) is 1. The number of aromatic nitrogens is 2. The zero-order valence-electron chi connectivity index (χ0n) is 23.5. The Kier molecular flexibility index (Phi) is 10.1. The highest BCUT2D eigenvalue weighted by atomic mass is 16.7. The minimum atomic E-state index is -0.918. The molecule has 5 rings (SSSR count). The highest BCUT2D eigenvalue weighted by Crippen LogP contribution is 2.38. The van der Waals surface area contributed by atoms with Gasteiger partial charge in [-0.3, -0.25) is 14.5 Å². The van der Waals surface area contributed by atoms with Gasteiger partial charge < -0.3 is 29.9 Å². The molecule has 11 heteroatoms. The van der Waals surface area contributed by atoms with Crippen molar-refractivity contribution in [2.45, 2.75) is 50.8 Å². The van der Waals surface area contributed by atoms with Crippen molar-refractivity contribution in [1.82, 2.24) is 14.9 Å². The second-order valence-electron chi connectivity index (χ2n) is 10.6. The molecular weight excluding hydrogens is 538 g/mol. The lowest BCUT2D eigenvalue weighted by Gasteiger charge is -2.40. The minimum absolute atomic E-state index is 0.0189. The van der Waals surface area contributed by atoms with Crippen LogP contribution in [0.4, 0.5) is 11.6 Å². The van der Waals surface area contributed by atoms with Crippen LogP contribution >= 0.6 is 0 Å². The SMILES string of the molecule is O=C(O)CCCC(=O)Nc1cccc([C@H]2O[C@@H](CN3CCN(c4ncccn4)CC3)C[C@@H](c3ccc(CO)cc3)O2)c1. The number of aliphatic hydroxyl groups excluding tert-OH is 1. The quantitative estimate of drug-likeness (QED) is 0.311. The lowest BCUT2D eigenvalue weighted by molar-refractivity contribution is -0.253. The molecule has 2 aliphatic heterocycles. The van der Waals surface area contributed by atoms with Crippen LogP contribution in [0, 0.1) is 0 Å². The van der Waals surface area contributed by atoms with E-state index in [2.05, 4.69) is 25.1 Å². The number of carbonyl (C=O) groups excluding carboxylic acids is 1. The first-order valence-corrected chi connectivity index (χ1v) is 14.3. The fourth-order valence-corrected chi connectivity index (χ4v) is 5.29. The van der Waals surface area contributed by atoms with Crippen molar-refractivity contribution < 1.29 is 29.3 Å². The summed E-state index contributed by atoms with van der Waals surface area (Å²) in [4.78, 5) is 36.5. The number of anilines is 2. The van der Waals surface area contributed by atoms with Crippen molar-refractivity contribution >= 4 is 23.5 Å². The monoisotopic (exact) mass is 575 g/mol. The summed E-state index contributed by atoms with van der Waals surface area (Å²) in [5.41, 5.74) is 3.24. The molecule has 3 heterocycles. The molecule has 11 nitrogen and oxygen atoms in total. The van der Waals surface area contributed by atoms with Crippen molar-refractivity contribution in [2.75, 3.05) is 42.9 Å². The highest BCUT2D eigenvalue weighted by Gasteiger charge is 2.34. The van der Waals surface area contributed by atoms with E-state index in [0.717, 1.165) is 55.4 Å². The Morgan fingerprint density at radius 2 is 1.69 bits per heavy atom. The van der Waals surface area contributed by atoms with Gasteiger partial charge in [0.15, 0.2) is 6.29 Å². The van der Waals surface area contributed by atoms with Crippen LogP contribution in [0.5, 0.6) is 0 Å². The summed E-state index contributed by atoms with van der Waals surface area (Å²) in [6.45, 7) is 4.11. The van der Waals surface area contributed by atoms with Gasteiger partial charge in [0.05, 0.1) is 18.8 Å². The van der Waals surface area contributed by atoms with Crippen LogP contribution in [0.25, 0.3) is 0 Å². The van der Waals surface area contributed by atoms with Crippen LogP contribution in [-0.4, -0.2) is 75.8 Å². The molecule has 3 aromatic rings. The Labute approximate surface area is 245 Å². The second kappa shape index (κ2) is 14.3. The number of carboxylic acids is 1. The number of carboxylic acid groups (broad SMARTS) is 1. The van der Waals surface area contributed by atoms with Crippen molar-refractivity contribution in [3.63, 3.8) is 0 Å². The van der Waals surface area contributed by atoms with Gasteiger partial charge in [-0.15, -0.1) is 0 Å². The number of amides is 1. The molecule has 0 spiro atoms. The van der Waals surface area contributed by atoms with Gasteiger partial charge in [0.25, 0.3) is 0 Å². The third kappa shape index (κ3) is 8.10. The van der Waals surface area contributed by atoms with Crippen LogP contribution in [0.2, 0.25) is 0 Å². The third-order valence-electron chi connectivity index (χ3n) is 7.52. The number of aliphatic hydroxyl groups is 1. The van der Waals surface area contributed by atoms with Gasteiger partial charge in [-0.05, 0) is 35.7 Å². The molecule has 0 bridgehead atoms. The molecule has 3 atom stereocenters. The number of benzene rings is 2. The number of hydrogen-bond donors (Lipinski definition) is 3. The van der Waals surface area contributed by atoms with Crippen LogP contribution in [0.1, 0.15) is 54.8 Å². The minimum Gasteiger partial charge on any atom is -0.481 e. The van der Waals surface area contributed by atoms with Gasteiger partial charge in [-0.25, -0.2) is 9.97 Å². The predicted molar refractivity (Wildman–Crippen MR) is 156 cm³/mol. The molecule has 0 aliphatic carbocycles. The Morgan fingerprint density at radius 1 is 0.929 bits per heavy atom. The average molecular weight is 576 g/mol. The van der Waals surface area contributed by atoms with E-state index >= 15 is 0 Å². The Morgan fingerprint density at radius 3 is 2.40 bits per heavy atom. The number of ether oxygens (including phenoxy) is 2. The zero-order valence-corrected chi connectivity index (χ0v) is 23.5. The Balaban J connectivity index is 1.26. The summed E-state index contributed by atoms with van der Waals surface area (Å²) in [7, 11) is 0. The van der Waals surface area contributed by atoms with Gasteiger partial charge in [-0.1, -0.05) is 36.4 Å². The molecule has 1 amide bonds. The summed E-state index contributed by atoms with van der Waals surface area (Å²) in [5.74, 6) is -0.406. The van der Waals surface area contributed by atoms with E-state index in [1.165, 1.54) is 0 Å². The normalized spacial score (nSPS) is 21.2. The van der Waals surface area contributed by atoms with Crippen molar-refractivity contribution in [2.24, 2.45) is 0 Å². The molecule has 222 valence electrons. The molecule has 0 unspecified atom stereocenters. The third-order valence-corrected chi connectivity index (χ3v) is 7.52. The number of hydrogen-bond acceptors (Lipinski definition) is 9. The van der Waals surface area contributed by atoms with Crippen LogP contribution in [0.3, 0.4) is 0 Å². The van der Waals surface area contributed by atoms with Crippen LogP contribution < -0.4 is 10.2 Å². The Bertz CT molecular complexity index is 1320. The largest absolute Gasteiger partial charge is 0.481 e. The topological polar surface area (TPSA) is 137 Å². The molecule has 0 radical (unpaired) electrons. The average Bonchev–Trinajstić information content (AvgIpc) is 3.02. The molecule has 2 aliphatic rings. The predicted octanol–water partition coefficient (Wildman–Crippen LogP) is 3.53. The lowest BCUT2D eigenvalue weighted by atomic mass is 9.99. The molecular formula is C31H37N5O6. The van der Waals surface area contributed by atoms with E-state index in [1.807, 2.05) is 48.5 Å². The number of carbonyl (C=O) groups is 2. The van der Waals surface area contributed by atoms with Crippen molar-refractivity contribution in [3.8, 4) is 0 Å². The second-order valence-corrected chi connectivity index (χ2v) is 10.6. The van der Waals surface area contributed by atoms with E-state index in [9.17, 15) is 14.7 Å². The smallest absolute Gasteiger partial charge is 0.303 e. The lowest BCUT2D eigenvalue weighted by Crippen LogP contribution is -2.50. The first-order chi connectivity index (χ1) is 20.5. The standard InChI is InChI=1S/C31H37N5O6/c37-21-22-8-10-23(11-9-22)27-19-26(20-35-14-16-36(17-15-35)31-32-12-3-13-33-31)41-30(42-27)24-4-1-5-25(18-24)34-28(38)6-2-7-29(39)40/h1,3-5,8-13,18,26-27,30,37H,2,6-7,14-17,19-21H2,(H,34,38)(H,39,40)/t26-,27+,30+/m1/s1. The van der Waals surface area contributed by atoms with Gasteiger partial charge in [-0.2, -0.15) is 0 Å². The summed E-state index contributed by atoms with van der Waals surface area (Å²) in [6.07, 6.45) is 3.61. The molecule has 2 saturated heterocycles. The van der Waals surface area contributed by atoms with Gasteiger partial charge in [0, 0.05) is 75.6 Å². The van der Waals surface area contributed by atoms with E-state index in [0.29, 0.717) is 12.1 Å². The summed E-state index contributed by atoms with van der Waals surface area (Å²) in [6, 6.07) is 17.0. The van der Waals surface area contributed by atoms with E-state index in [1.54, 1.807) is 18.5 Å². The molecule has 1 aromatic heterocycles. The van der Waals surface area contributed by atoms with E-state index in [-0.39, 0.29) is 44.0 Å². The van der Waals surface area contributed by atoms with Crippen molar-refractivity contribution in [3.05, 3.63) is 83.7 Å². The van der Waals surface area contributed by atoms with E-state index in [4.69, 9.17) is 14.6 Å². The van der Waals surface area contributed by atoms with E-state index < -0.39 is 12.3 Å². The van der Waals surface area contributed by atoms with Crippen molar-refractivity contribution in [1.29, 1.82) is 0 Å². The van der Waals surface area contributed by atoms with Crippen LogP contribution in [0.15, 0.2) is 67.0 Å². The van der Waals surface area contributed by atoms with Crippen LogP contribution in [-0.2, 0) is 25.7 Å². The van der Waals surface area contributed by atoms with Gasteiger partial charge >= 0.3 is 5.97 Å². The molecule has 3 N–H and O–H groups in total. The molecule has 2 aromatic carbocycles. The highest BCUT2D eigenvalue weighted by molar-refractivity contribution is 5.90. The fourth-order valence-electron chi connectivity index (χ4n) is 5.29. The number of aliphatic carboxylic acids is 1. The molecule has 0 saturated carbocycles. The first-order valence-electron chi connectivity index (χ1n) is 14.3. The number of nitrogens with zero attached hydrogens (tertiary/aromatic N) is 4. The Hall–Kier alpha value is -3.90. The summed E-state index contributed by atoms with van der Waals surface area (Å²) in [5, 5.41) is 21.2. The summed E-state index contributed by atoms with van der Waals surface area (Å²) >= 11 is 0. The zero-order chi connectivity index (χ0) is 29.3. The molecule has 2 fully saturated rings. The fraction of sp³-hybridized carbons (Fsp3) is 0.419.